The third-order valence-corrected chi connectivity index (χ3v) is 5.96. The first kappa shape index (κ1) is 15.3. The number of rotatable bonds is 4. The first-order chi connectivity index (χ1) is 9.86. The van der Waals surface area contributed by atoms with Crippen molar-refractivity contribution in [3.8, 4) is 0 Å². The van der Waals surface area contributed by atoms with Crippen molar-refractivity contribution in [2.24, 2.45) is 17.1 Å². The van der Waals surface area contributed by atoms with Gasteiger partial charge in [0.2, 0.25) is 0 Å². The highest BCUT2D eigenvalue weighted by atomic mass is 35.5. The molecule has 1 heterocycles. The fourth-order valence-electron chi connectivity index (χ4n) is 4.22. The minimum Gasteiger partial charge on any atom is -0.377 e. The van der Waals surface area contributed by atoms with Crippen molar-refractivity contribution in [1.82, 2.24) is 4.90 Å². The summed E-state index contributed by atoms with van der Waals surface area (Å²) < 4.78 is 5.86. The monoisotopic (exact) mass is 308 g/mol. The summed E-state index contributed by atoms with van der Waals surface area (Å²) in [5.74, 6) is 0.487. The Kier molecular flexibility index (Phi) is 3.81. The summed E-state index contributed by atoms with van der Waals surface area (Å²) in [6, 6.07) is 8.01. The fourth-order valence-corrected chi connectivity index (χ4v) is 4.41. The largest absolute Gasteiger partial charge is 0.377 e. The second-order valence-electron chi connectivity index (χ2n) is 7.21. The van der Waals surface area contributed by atoms with Crippen molar-refractivity contribution in [2.45, 2.75) is 38.5 Å². The molecule has 1 saturated carbocycles. The first-order valence-corrected chi connectivity index (χ1v) is 8.06. The third kappa shape index (κ3) is 2.31. The van der Waals surface area contributed by atoms with Crippen LogP contribution in [0, 0.1) is 11.3 Å². The number of hydrogen-bond acceptors (Lipinski definition) is 3. The van der Waals surface area contributed by atoms with E-state index in [1.54, 1.807) is 0 Å². The van der Waals surface area contributed by atoms with Gasteiger partial charge in [0.05, 0.1) is 6.10 Å². The molecule has 2 fully saturated rings. The molecule has 1 aromatic carbocycles. The van der Waals surface area contributed by atoms with Crippen LogP contribution in [0.1, 0.15) is 25.8 Å². The van der Waals surface area contributed by atoms with E-state index in [0.29, 0.717) is 12.0 Å². The highest BCUT2D eigenvalue weighted by Crippen LogP contribution is 2.58. The molecule has 1 saturated heterocycles. The van der Waals surface area contributed by atoms with E-state index in [-0.39, 0.29) is 11.0 Å². The van der Waals surface area contributed by atoms with Crippen LogP contribution in [-0.2, 0) is 11.3 Å². The second-order valence-corrected chi connectivity index (χ2v) is 7.62. The molecule has 2 aliphatic rings. The van der Waals surface area contributed by atoms with E-state index in [4.69, 9.17) is 22.1 Å². The lowest BCUT2D eigenvalue weighted by Crippen LogP contribution is -2.77. The van der Waals surface area contributed by atoms with Crippen molar-refractivity contribution >= 4 is 11.6 Å². The Morgan fingerprint density at radius 1 is 1.38 bits per heavy atom. The van der Waals surface area contributed by atoms with Gasteiger partial charge in [-0.2, -0.15) is 0 Å². The van der Waals surface area contributed by atoms with Crippen LogP contribution in [0.5, 0.6) is 0 Å². The molecular weight excluding hydrogens is 284 g/mol. The van der Waals surface area contributed by atoms with Crippen molar-refractivity contribution in [3.63, 3.8) is 0 Å². The molecule has 1 aliphatic carbocycles. The zero-order chi connectivity index (χ0) is 15.3. The molecule has 0 radical (unpaired) electrons. The number of nitrogens with zero attached hydrogens (tertiary/aromatic N) is 1. The summed E-state index contributed by atoms with van der Waals surface area (Å²) in [6.45, 7) is 7.03. The molecule has 0 amide bonds. The second kappa shape index (κ2) is 5.24. The van der Waals surface area contributed by atoms with Crippen LogP contribution < -0.4 is 5.73 Å². The summed E-state index contributed by atoms with van der Waals surface area (Å²) in [4.78, 5) is 2.29. The molecule has 116 valence electrons. The zero-order valence-corrected chi connectivity index (χ0v) is 13.9. The number of nitrogens with two attached hydrogens (primary N) is 1. The molecule has 4 heteroatoms. The van der Waals surface area contributed by atoms with Crippen molar-refractivity contribution in [1.29, 1.82) is 0 Å². The molecule has 21 heavy (non-hydrogen) atoms. The van der Waals surface area contributed by atoms with Gasteiger partial charge in [0, 0.05) is 41.6 Å². The minimum absolute atomic E-state index is 0.0307. The van der Waals surface area contributed by atoms with E-state index in [9.17, 15) is 0 Å². The molecule has 3 rings (SSSR count). The molecule has 1 aliphatic heterocycles. The Balaban J connectivity index is 1.70. The molecule has 0 bridgehead atoms. The highest BCUT2D eigenvalue weighted by Gasteiger charge is 2.67. The summed E-state index contributed by atoms with van der Waals surface area (Å²) in [5, 5.41) is 0.824. The van der Waals surface area contributed by atoms with Crippen LogP contribution >= 0.6 is 11.6 Å². The summed E-state index contributed by atoms with van der Waals surface area (Å²) in [6.07, 6.45) is 1.42. The standard InChI is InChI=1S/C17H25ClN2O/c1-16(2)15-13(8-9-21-15)17(16,19)11-20(3)10-12-6-4-5-7-14(12)18/h4-7,13,15H,8-11,19H2,1-3H3. The quantitative estimate of drug-likeness (QED) is 0.929. The van der Waals surface area contributed by atoms with Gasteiger partial charge in [-0.3, -0.25) is 0 Å². The first-order valence-electron chi connectivity index (χ1n) is 7.69. The zero-order valence-electron chi connectivity index (χ0n) is 13.1. The lowest BCUT2D eigenvalue weighted by Gasteiger charge is -2.63. The SMILES string of the molecule is CN(Cc1ccccc1Cl)CC1(N)C2CCOC2C1(C)C. The molecule has 2 N–H and O–H groups in total. The van der Waals surface area contributed by atoms with Crippen LogP contribution in [0.4, 0.5) is 0 Å². The van der Waals surface area contributed by atoms with E-state index >= 15 is 0 Å². The van der Waals surface area contributed by atoms with E-state index in [1.165, 1.54) is 0 Å². The highest BCUT2D eigenvalue weighted by molar-refractivity contribution is 6.31. The van der Waals surface area contributed by atoms with Crippen LogP contribution in [0.2, 0.25) is 5.02 Å². The predicted octanol–water partition coefficient (Wildman–Crippen LogP) is 2.91. The van der Waals surface area contributed by atoms with Crippen molar-refractivity contribution in [2.75, 3.05) is 20.2 Å². The van der Waals surface area contributed by atoms with Gasteiger partial charge in [-0.15, -0.1) is 0 Å². The number of hydrogen-bond donors (Lipinski definition) is 1. The van der Waals surface area contributed by atoms with E-state index in [2.05, 4.69) is 31.9 Å². The maximum atomic E-state index is 6.80. The van der Waals surface area contributed by atoms with E-state index in [1.807, 2.05) is 18.2 Å². The normalized spacial score (nSPS) is 33.8. The van der Waals surface area contributed by atoms with E-state index < -0.39 is 0 Å². The Morgan fingerprint density at radius 3 is 2.81 bits per heavy atom. The van der Waals surface area contributed by atoms with Crippen molar-refractivity contribution in [3.05, 3.63) is 34.9 Å². The van der Waals surface area contributed by atoms with Crippen LogP contribution in [-0.4, -0.2) is 36.7 Å². The number of likely N-dealkylation sites (N-methyl/N-ethyl adjacent to an activating group) is 1. The number of halogens is 1. The Labute approximate surface area is 132 Å². The molecule has 0 spiro atoms. The lowest BCUT2D eigenvalue weighted by atomic mass is 9.48. The molecule has 3 atom stereocenters. The van der Waals surface area contributed by atoms with Gasteiger partial charge in [-0.05, 0) is 25.1 Å². The molecule has 3 nitrogen and oxygen atoms in total. The van der Waals surface area contributed by atoms with Crippen molar-refractivity contribution < 1.29 is 4.74 Å². The Bertz CT molecular complexity index is 533. The van der Waals surface area contributed by atoms with Crippen LogP contribution in [0.25, 0.3) is 0 Å². The summed E-state index contributed by atoms with van der Waals surface area (Å²) >= 11 is 6.25. The summed E-state index contributed by atoms with van der Waals surface area (Å²) in [5.41, 5.74) is 7.81. The smallest absolute Gasteiger partial charge is 0.0691 e. The van der Waals surface area contributed by atoms with Gasteiger partial charge in [-0.1, -0.05) is 43.6 Å². The average Bonchev–Trinajstić information content (AvgIpc) is 2.89. The topological polar surface area (TPSA) is 38.5 Å². The van der Waals surface area contributed by atoms with Gasteiger partial charge in [-0.25, -0.2) is 0 Å². The molecular formula is C17H25ClN2O. The van der Waals surface area contributed by atoms with Gasteiger partial charge in [0.25, 0.3) is 0 Å². The van der Waals surface area contributed by atoms with Gasteiger partial charge < -0.3 is 15.4 Å². The Morgan fingerprint density at radius 2 is 2.10 bits per heavy atom. The third-order valence-electron chi connectivity index (χ3n) is 5.59. The maximum Gasteiger partial charge on any atom is 0.0691 e. The number of fused-ring (bicyclic) bond motifs is 1. The number of ether oxygens (including phenoxy) is 1. The lowest BCUT2D eigenvalue weighted by molar-refractivity contribution is -0.162. The van der Waals surface area contributed by atoms with Gasteiger partial charge >= 0.3 is 0 Å². The van der Waals surface area contributed by atoms with Gasteiger partial charge in [0.15, 0.2) is 0 Å². The molecule has 3 unspecified atom stereocenters. The maximum absolute atomic E-state index is 6.80. The Hall–Kier alpha value is -0.610. The number of benzene rings is 1. The summed E-state index contributed by atoms with van der Waals surface area (Å²) in [7, 11) is 2.12. The van der Waals surface area contributed by atoms with Crippen LogP contribution in [0.15, 0.2) is 24.3 Å². The average molecular weight is 309 g/mol. The predicted molar refractivity (Wildman–Crippen MR) is 86.3 cm³/mol. The van der Waals surface area contributed by atoms with Crippen LogP contribution in [0.3, 0.4) is 0 Å². The molecule has 0 aromatic heterocycles. The fraction of sp³-hybridized carbons (Fsp3) is 0.647. The van der Waals surface area contributed by atoms with E-state index in [0.717, 1.165) is 36.7 Å². The minimum atomic E-state index is -0.176. The molecule has 1 aromatic rings. The van der Waals surface area contributed by atoms with Gasteiger partial charge in [0.1, 0.15) is 0 Å².